The molecule has 0 aliphatic carbocycles. The van der Waals surface area contributed by atoms with Gasteiger partial charge in [-0.1, -0.05) is 46.3 Å². The second-order valence-electron chi connectivity index (χ2n) is 4.52. The number of hydrogen-bond donors (Lipinski definition) is 2. The lowest BCUT2D eigenvalue weighted by Gasteiger charge is -2.09. The lowest BCUT2D eigenvalue weighted by molar-refractivity contribution is -0.113. The summed E-state index contributed by atoms with van der Waals surface area (Å²) in [5.74, 6) is -0.288. The van der Waals surface area contributed by atoms with Crippen molar-refractivity contribution < 1.29 is 14.7 Å². The van der Waals surface area contributed by atoms with Crippen LogP contribution in [0, 0.1) is 0 Å². The molecule has 0 radical (unpaired) electrons. The summed E-state index contributed by atoms with van der Waals surface area (Å²) in [7, 11) is 0. The number of anilines is 1. The molecular formula is C16H14BrNO3S. The molecule has 1 amide bonds. The van der Waals surface area contributed by atoms with Gasteiger partial charge in [-0.05, 0) is 23.8 Å². The average Bonchev–Trinajstić information content (AvgIpc) is 2.50. The summed E-state index contributed by atoms with van der Waals surface area (Å²) in [6.07, 6.45) is 0. The van der Waals surface area contributed by atoms with Crippen molar-refractivity contribution >= 4 is 45.3 Å². The molecule has 22 heavy (non-hydrogen) atoms. The van der Waals surface area contributed by atoms with E-state index in [0.29, 0.717) is 10.2 Å². The minimum Gasteiger partial charge on any atom is -0.478 e. The number of benzene rings is 2. The third kappa shape index (κ3) is 4.89. The van der Waals surface area contributed by atoms with Crippen LogP contribution in [0.2, 0.25) is 0 Å². The Morgan fingerprint density at radius 1 is 1.14 bits per heavy atom. The highest BCUT2D eigenvalue weighted by atomic mass is 79.9. The van der Waals surface area contributed by atoms with E-state index in [1.807, 2.05) is 30.3 Å². The van der Waals surface area contributed by atoms with Gasteiger partial charge in [0.15, 0.2) is 0 Å². The van der Waals surface area contributed by atoms with Gasteiger partial charge in [0, 0.05) is 10.2 Å². The van der Waals surface area contributed by atoms with Crippen LogP contribution in [0.5, 0.6) is 0 Å². The predicted molar refractivity (Wildman–Crippen MR) is 92.3 cm³/mol. The number of carbonyl (C=O) groups excluding carboxylic acids is 1. The molecule has 2 aromatic rings. The zero-order chi connectivity index (χ0) is 15.9. The van der Waals surface area contributed by atoms with Crippen LogP contribution in [0.1, 0.15) is 15.9 Å². The highest BCUT2D eigenvalue weighted by Crippen LogP contribution is 2.21. The van der Waals surface area contributed by atoms with E-state index in [2.05, 4.69) is 21.2 Å². The minimum absolute atomic E-state index is 0.0655. The van der Waals surface area contributed by atoms with Crippen LogP contribution < -0.4 is 5.32 Å². The van der Waals surface area contributed by atoms with Gasteiger partial charge in [-0.3, -0.25) is 4.79 Å². The maximum absolute atomic E-state index is 11.9. The van der Waals surface area contributed by atoms with E-state index in [9.17, 15) is 9.59 Å². The summed E-state index contributed by atoms with van der Waals surface area (Å²) in [5.41, 5.74) is 1.52. The molecule has 0 unspecified atom stereocenters. The number of carboxylic acids is 1. The fourth-order valence-electron chi connectivity index (χ4n) is 1.82. The molecule has 0 bridgehead atoms. The standard InChI is InChI=1S/C16H14BrNO3S/c17-12-6-7-14(13(8-12)16(20)21)18-15(19)10-22-9-11-4-2-1-3-5-11/h1-8H,9-10H2,(H,18,19)(H,20,21). The Labute approximate surface area is 141 Å². The second-order valence-corrected chi connectivity index (χ2v) is 6.42. The summed E-state index contributed by atoms with van der Waals surface area (Å²) in [6.45, 7) is 0. The van der Waals surface area contributed by atoms with Gasteiger partial charge in [0.2, 0.25) is 5.91 Å². The average molecular weight is 380 g/mol. The Morgan fingerprint density at radius 3 is 2.55 bits per heavy atom. The van der Waals surface area contributed by atoms with Crippen molar-refractivity contribution in [3.63, 3.8) is 0 Å². The molecule has 0 saturated carbocycles. The van der Waals surface area contributed by atoms with E-state index in [-0.39, 0.29) is 17.2 Å². The molecule has 0 aliphatic rings. The molecule has 2 aromatic carbocycles. The third-order valence-corrected chi connectivity index (χ3v) is 4.33. The number of halogens is 1. The van der Waals surface area contributed by atoms with E-state index in [1.54, 1.807) is 12.1 Å². The van der Waals surface area contributed by atoms with Gasteiger partial charge in [0.05, 0.1) is 17.0 Å². The maximum atomic E-state index is 11.9. The van der Waals surface area contributed by atoms with Crippen molar-refractivity contribution in [2.45, 2.75) is 5.75 Å². The van der Waals surface area contributed by atoms with Crippen LogP contribution >= 0.6 is 27.7 Å². The minimum atomic E-state index is -1.08. The molecule has 0 aromatic heterocycles. The van der Waals surface area contributed by atoms with Gasteiger partial charge < -0.3 is 10.4 Å². The van der Waals surface area contributed by atoms with Crippen molar-refractivity contribution in [3.05, 3.63) is 64.1 Å². The molecule has 0 saturated heterocycles. The quantitative estimate of drug-likeness (QED) is 0.795. The number of rotatable bonds is 6. The lowest BCUT2D eigenvalue weighted by atomic mass is 10.2. The number of hydrogen-bond acceptors (Lipinski definition) is 3. The van der Waals surface area contributed by atoms with Crippen LogP contribution in [0.25, 0.3) is 0 Å². The van der Waals surface area contributed by atoms with Crippen LogP contribution in [0.4, 0.5) is 5.69 Å². The number of carbonyl (C=O) groups is 2. The maximum Gasteiger partial charge on any atom is 0.337 e. The normalized spacial score (nSPS) is 10.2. The monoisotopic (exact) mass is 379 g/mol. The van der Waals surface area contributed by atoms with E-state index in [1.165, 1.54) is 17.8 Å². The van der Waals surface area contributed by atoms with Gasteiger partial charge in [0.25, 0.3) is 0 Å². The van der Waals surface area contributed by atoms with Crippen molar-refractivity contribution in [1.82, 2.24) is 0 Å². The summed E-state index contributed by atoms with van der Waals surface area (Å²) >= 11 is 4.70. The first-order chi connectivity index (χ1) is 10.6. The lowest BCUT2D eigenvalue weighted by Crippen LogP contribution is -2.16. The highest BCUT2D eigenvalue weighted by Gasteiger charge is 2.13. The largest absolute Gasteiger partial charge is 0.478 e. The van der Waals surface area contributed by atoms with Gasteiger partial charge in [-0.25, -0.2) is 4.79 Å². The van der Waals surface area contributed by atoms with Crippen LogP contribution in [0.3, 0.4) is 0 Å². The van der Waals surface area contributed by atoms with Crippen LogP contribution in [0.15, 0.2) is 53.0 Å². The van der Waals surface area contributed by atoms with E-state index in [0.717, 1.165) is 11.3 Å². The third-order valence-electron chi connectivity index (χ3n) is 2.83. The van der Waals surface area contributed by atoms with Gasteiger partial charge >= 0.3 is 5.97 Å². The van der Waals surface area contributed by atoms with Gasteiger partial charge in [-0.2, -0.15) is 0 Å². The zero-order valence-corrected chi connectivity index (χ0v) is 14.0. The van der Waals surface area contributed by atoms with Crippen molar-refractivity contribution in [2.75, 3.05) is 11.1 Å². The molecule has 0 aliphatic heterocycles. The number of aromatic carboxylic acids is 1. The van der Waals surface area contributed by atoms with E-state index >= 15 is 0 Å². The molecule has 2 rings (SSSR count). The first-order valence-electron chi connectivity index (χ1n) is 6.50. The molecule has 4 nitrogen and oxygen atoms in total. The number of amides is 1. The molecule has 0 spiro atoms. The summed E-state index contributed by atoms with van der Waals surface area (Å²) in [4.78, 5) is 23.1. The topological polar surface area (TPSA) is 66.4 Å². The fourth-order valence-corrected chi connectivity index (χ4v) is 2.97. The predicted octanol–water partition coefficient (Wildman–Crippen LogP) is 4.02. The number of nitrogens with one attached hydrogen (secondary N) is 1. The Bertz CT molecular complexity index is 676. The zero-order valence-electron chi connectivity index (χ0n) is 11.6. The first-order valence-corrected chi connectivity index (χ1v) is 8.45. The second kappa shape index (κ2) is 8.00. The molecule has 6 heteroatoms. The number of thioether (sulfide) groups is 1. The van der Waals surface area contributed by atoms with Crippen LogP contribution in [-0.2, 0) is 10.5 Å². The molecular weight excluding hydrogens is 366 g/mol. The summed E-state index contributed by atoms with van der Waals surface area (Å²) in [5, 5.41) is 11.8. The number of carboxylic acid groups (broad SMARTS) is 1. The fraction of sp³-hybridized carbons (Fsp3) is 0.125. The Kier molecular flexibility index (Phi) is 6.03. The van der Waals surface area contributed by atoms with Gasteiger partial charge in [0.1, 0.15) is 0 Å². The van der Waals surface area contributed by atoms with Crippen molar-refractivity contribution in [1.29, 1.82) is 0 Å². The Hall–Kier alpha value is -1.79. The van der Waals surface area contributed by atoms with Gasteiger partial charge in [-0.15, -0.1) is 11.8 Å². The Morgan fingerprint density at radius 2 is 1.86 bits per heavy atom. The molecule has 114 valence electrons. The molecule has 0 heterocycles. The summed E-state index contributed by atoms with van der Waals surface area (Å²) in [6, 6.07) is 14.6. The molecule has 2 N–H and O–H groups in total. The van der Waals surface area contributed by atoms with Crippen LogP contribution in [-0.4, -0.2) is 22.7 Å². The SMILES string of the molecule is O=C(CSCc1ccccc1)Nc1ccc(Br)cc1C(=O)O. The van der Waals surface area contributed by atoms with E-state index < -0.39 is 5.97 Å². The smallest absolute Gasteiger partial charge is 0.337 e. The summed E-state index contributed by atoms with van der Waals surface area (Å²) < 4.78 is 0.654. The Balaban J connectivity index is 1.91. The van der Waals surface area contributed by atoms with E-state index in [4.69, 9.17) is 5.11 Å². The first kappa shape index (κ1) is 16.6. The molecule has 0 fully saturated rings. The van der Waals surface area contributed by atoms with Crippen molar-refractivity contribution in [2.24, 2.45) is 0 Å². The highest BCUT2D eigenvalue weighted by molar-refractivity contribution is 9.10. The van der Waals surface area contributed by atoms with Crippen molar-refractivity contribution in [3.8, 4) is 0 Å². The molecule has 0 atom stereocenters.